The molecule has 1 aliphatic rings. The molecule has 1 aromatic rings. The van der Waals surface area contributed by atoms with Gasteiger partial charge in [0.05, 0.1) is 11.7 Å². The lowest BCUT2D eigenvalue weighted by atomic mass is 10.2. The van der Waals surface area contributed by atoms with Crippen molar-refractivity contribution in [3.63, 3.8) is 0 Å². The topological polar surface area (TPSA) is 52.3 Å². The second-order valence-corrected chi connectivity index (χ2v) is 4.18. The summed E-state index contributed by atoms with van der Waals surface area (Å²) in [6.45, 7) is 0. The van der Waals surface area contributed by atoms with E-state index in [-0.39, 0.29) is 0 Å². The lowest BCUT2D eigenvalue weighted by Crippen LogP contribution is -2.12. The van der Waals surface area contributed by atoms with Gasteiger partial charge in [-0.15, -0.1) is 0 Å². The molecule has 2 rings (SSSR count). The molecule has 2 N–H and O–H groups in total. The monoisotopic (exact) mass is 255 g/mol. The summed E-state index contributed by atoms with van der Waals surface area (Å²) < 4.78 is 6.24. The van der Waals surface area contributed by atoms with E-state index in [9.17, 15) is 4.79 Å². The fourth-order valence-corrected chi connectivity index (χ4v) is 1.59. The fourth-order valence-electron chi connectivity index (χ4n) is 1.14. The smallest absolute Gasteiger partial charge is 0.249 e. The van der Waals surface area contributed by atoms with Crippen LogP contribution in [0.1, 0.15) is 23.2 Å². The predicted octanol–water partition coefficient (Wildman–Crippen LogP) is 2.09. The number of nitrogens with two attached hydrogens (primary N) is 1. The molecule has 0 atom stereocenters. The molecule has 1 fully saturated rings. The van der Waals surface area contributed by atoms with Crippen LogP contribution >= 0.6 is 15.9 Å². The van der Waals surface area contributed by atoms with Gasteiger partial charge in [-0.3, -0.25) is 4.79 Å². The number of carbonyl (C=O) groups is 1. The van der Waals surface area contributed by atoms with Gasteiger partial charge in [0.15, 0.2) is 0 Å². The second-order valence-electron chi connectivity index (χ2n) is 3.32. The van der Waals surface area contributed by atoms with Gasteiger partial charge in [0, 0.05) is 4.47 Å². The Kier molecular flexibility index (Phi) is 2.46. The van der Waals surface area contributed by atoms with Crippen LogP contribution in [-0.2, 0) is 0 Å². The number of primary amides is 1. The van der Waals surface area contributed by atoms with Crippen LogP contribution in [0.4, 0.5) is 0 Å². The summed E-state index contributed by atoms with van der Waals surface area (Å²) >= 11 is 3.26. The first kappa shape index (κ1) is 9.52. The highest BCUT2D eigenvalue weighted by Crippen LogP contribution is 2.29. The van der Waals surface area contributed by atoms with Gasteiger partial charge in [0.2, 0.25) is 5.91 Å². The summed E-state index contributed by atoms with van der Waals surface area (Å²) in [4.78, 5) is 11.0. The molecular weight excluding hydrogens is 246 g/mol. The quantitative estimate of drug-likeness (QED) is 0.900. The third kappa shape index (κ3) is 2.07. The van der Waals surface area contributed by atoms with E-state index in [2.05, 4.69) is 15.9 Å². The minimum absolute atomic E-state index is 0.330. The van der Waals surface area contributed by atoms with Gasteiger partial charge in [0.25, 0.3) is 0 Å². The van der Waals surface area contributed by atoms with E-state index in [0.717, 1.165) is 12.8 Å². The number of amides is 1. The molecule has 0 aromatic heterocycles. The summed E-state index contributed by atoms with van der Waals surface area (Å²) in [5.74, 6) is 0.266. The first-order chi connectivity index (χ1) is 6.66. The molecule has 74 valence electrons. The molecule has 1 aromatic carbocycles. The molecule has 0 bridgehead atoms. The van der Waals surface area contributed by atoms with Crippen LogP contribution in [0.25, 0.3) is 0 Å². The van der Waals surface area contributed by atoms with E-state index < -0.39 is 5.91 Å². The molecule has 1 amide bonds. The van der Waals surface area contributed by atoms with E-state index in [1.165, 1.54) is 0 Å². The first-order valence-corrected chi connectivity index (χ1v) is 5.22. The van der Waals surface area contributed by atoms with Crippen LogP contribution in [-0.4, -0.2) is 12.0 Å². The van der Waals surface area contributed by atoms with E-state index in [1.54, 1.807) is 12.1 Å². The Balaban J connectivity index is 2.24. The Bertz CT molecular complexity index is 374. The Morgan fingerprint density at radius 1 is 1.50 bits per heavy atom. The van der Waals surface area contributed by atoms with Crippen LogP contribution in [0, 0.1) is 0 Å². The average molecular weight is 256 g/mol. The van der Waals surface area contributed by atoms with E-state index in [4.69, 9.17) is 10.5 Å². The van der Waals surface area contributed by atoms with Gasteiger partial charge in [0.1, 0.15) is 5.75 Å². The molecule has 0 saturated heterocycles. The van der Waals surface area contributed by atoms with Gasteiger partial charge in [-0.1, -0.05) is 0 Å². The average Bonchev–Trinajstić information content (AvgIpc) is 2.92. The third-order valence-corrected chi connectivity index (χ3v) is 2.72. The molecule has 14 heavy (non-hydrogen) atoms. The molecule has 1 aliphatic carbocycles. The summed E-state index contributed by atoms with van der Waals surface area (Å²) in [7, 11) is 0. The Morgan fingerprint density at radius 3 is 2.79 bits per heavy atom. The zero-order valence-corrected chi connectivity index (χ0v) is 9.08. The van der Waals surface area contributed by atoms with Gasteiger partial charge in [-0.25, -0.2) is 0 Å². The van der Waals surface area contributed by atoms with Gasteiger partial charge in [-0.2, -0.15) is 0 Å². The predicted molar refractivity (Wildman–Crippen MR) is 56.3 cm³/mol. The highest BCUT2D eigenvalue weighted by Gasteiger charge is 2.23. The van der Waals surface area contributed by atoms with Crippen molar-refractivity contribution >= 4 is 21.8 Å². The molecule has 1 saturated carbocycles. The minimum Gasteiger partial charge on any atom is -0.490 e. The highest BCUT2D eigenvalue weighted by atomic mass is 79.9. The molecule has 0 aliphatic heterocycles. The summed E-state index contributed by atoms with van der Waals surface area (Å²) in [5.41, 5.74) is 5.67. The van der Waals surface area contributed by atoms with Crippen LogP contribution in [0.3, 0.4) is 0 Å². The highest BCUT2D eigenvalue weighted by molar-refractivity contribution is 9.10. The van der Waals surface area contributed by atoms with Crippen molar-refractivity contribution in [3.8, 4) is 5.75 Å². The normalized spacial score (nSPS) is 15.2. The van der Waals surface area contributed by atoms with Crippen molar-refractivity contribution in [2.75, 3.05) is 0 Å². The summed E-state index contributed by atoms with van der Waals surface area (Å²) in [6.07, 6.45) is 2.53. The molecular formula is C10H10BrNO2. The fraction of sp³-hybridized carbons (Fsp3) is 0.300. The van der Waals surface area contributed by atoms with Gasteiger partial charge < -0.3 is 10.5 Å². The third-order valence-electron chi connectivity index (χ3n) is 2.03. The molecule has 3 nitrogen and oxygen atoms in total. The van der Waals surface area contributed by atoms with E-state index in [0.29, 0.717) is 21.9 Å². The SMILES string of the molecule is NC(=O)c1cc(OC2CC2)ccc1Br. The zero-order valence-electron chi connectivity index (χ0n) is 7.50. The van der Waals surface area contributed by atoms with Gasteiger partial charge in [-0.05, 0) is 47.0 Å². The van der Waals surface area contributed by atoms with Crippen LogP contribution in [0.5, 0.6) is 5.75 Å². The number of hydrogen-bond acceptors (Lipinski definition) is 2. The molecule has 0 heterocycles. The summed E-state index contributed by atoms with van der Waals surface area (Å²) in [6, 6.07) is 5.28. The molecule has 0 unspecified atom stereocenters. The molecule has 4 heteroatoms. The molecule has 0 spiro atoms. The van der Waals surface area contributed by atoms with Crippen LogP contribution in [0.15, 0.2) is 22.7 Å². The van der Waals surface area contributed by atoms with Crippen molar-refractivity contribution in [1.82, 2.24) is 0 Å². The Hall–Kier alpha value is -1.03. The number of hydrogen-bond donors (Lipinski definition) is 1. The summed E-state index contributed by atoms with van der Waals surface area (Å²) in [5, 5.41) is 0. The maximum Gasteiger partial charge on any atom is 0.249 e. The van der Waals surface area contributed by atoms with Crippen molar-refractivity contribution in [2.24, 2.45) is 5.73 Å². The molecule has 0 radical (unpaired) electrons. The lowest BCUT2D eigenvalue weighted by Gasteiger charge is -2.06. The van der Waals surface area contributed by atoms with Crippen molar-refractivity contribution in [3.05, 3.63) is 28.2 Å². The van der Waals surface area contributed by atoms with Crippen molar-refractivity contribution < 1.29 is 9.53 Å². The number of rotatable bonds is 3. The first-order valence-electron chi connectivity index (χ1n) is 4.43. The number of carbonyl (C=O) groups excluding carboxylic acids is 1. The largest absolute Gasteiger partial charge is 0.490 e. The minimum atomic E-state index is -0.446. The number of benzene rings is 1. The van der Waals surface area contributed by atoms with Crippen LogP contribution < -0.4 is 10.5 Å². The van der Waals surface area contributed by atoms with E-state index in [1.807, 2.05) is 6.07 Å². The Morgan fingerprint density at radius 2 is 2.21 bits per heavy atom. The standard InChI is InChI=1S/C10H10BrNO2/c11-9-4-3-7(14-6-1-2-6)5-8(9)10(12)13/h3-6H,1-2H2,(H2,12,13). The van der Waals surface area contributed by atoms with E-state index >= 15 is 0 Å². The zero-order chi connectivity index (χ0) is 10.1. The maximum atomic E-state index is 11.0. The maximum absolute atomic E-state index is 11.0. The Labute approximate surface area is 90.4 Å². The number of halogens is 1. The lowest BCUT2D eigenvalue weighted by molar-refractivity contribution is 0.0999. The van der Waals surface area contributed by atoms with Gasteiger partial charge >= 0.3 is 0 Å². The van der Waals surface area contributed by atoms with Crippen LogP contribution in [0.2, 0.25) is 0 Å². The second kappa shape index (κ2) is 3.61. The van der Waals surface area contributed by atoms with Crippen molar-refractivity contribution in [2.45, 2.75) is 18.9 Å². The number of ether oxygens (including phenoxy) is 1. The van der Waals surface area contributed by atoms with Crippen molar-refractivity contribution in [1.29, 1.82) is 0 Å².